The van der Waals surface area contributed by atoms with Crippen LogP contribution in [-0.2, 0) is 6.54 Å². The predicted molar refractivity (Wildman–Crippen MR) is 137 cm³/mol. The van der Waals surface area contributed by atoms with E-state index in [0.29, 0.717) is 27.8 Å². The van der Waals surface area contributed by atoms with E-state index in [2.05, 4.69) is 15.7 Å². The van der Waals surface area contributed by atoms with Gasteiger partial charge < -0.3 is 10.6 Å². The van der Waals surface area contributed by atoms with Gasteiger partial charge in [-0.3, -0.25) is 4.79 Å². The molecule has 5 rings (SSSR count). The second-order valence-electron chi connectivity index (χ2n) is 7.61. The molecule has 0 bridgehead atoms. The first kappa shape index (κ1) is 21.9. The van der Waals surface area contributed by atoms with Gasteiger partial charge in [-0.05, 0) is 42.0 Å². The minimum atomic E-state index is -0.167. The quantitative estimate of drug-likeness (QED) is 0.284. The zero-order valence-electron chi connectivity index (χ0n) is 17.9. The lowest BCUT2D eigenvalue weighted by atomic mass is 10.1. The van der Waals surface area contributed by atoms with Crippen LogP contribution < -0.4 is 10.6 Å². The molecule has 0 saturated heterocycles. The molecule has 0 unspecified atom stereocenters. The molecule has 2 heterocycles. The number of carbonyl (C=O) groups is 1. The summed E-state index contributed by atoms with van der Waals surface area (Å²) in [5.41, 5.74) is 4.57. The normalized spacial score (nSPS) is 10.9. The van der Waals surface area contributed by atoms with Crippen molar-refractivity contribution in [2.75, 3.05) is 10.6 Å². The third-order valence-corrected chi connectivity index (χ3v) is 5.90. The van der Waals surface area contributed by atoms with Gasteiger partial charge in [-0.15, -0.1) is 0 Å². The Morgan fingerprint density at radius 1 is 0.912 bits per heavy atom. The van der Waals surface area contributed by atoms with Gasteiger partial charge in [-0.2, -0.15) is 9.61 Å². The molecule has 168 valence electrons. The lowest BCUT2D eigenvalue weighted by Gasteiger charge is -2.12. The van der Waals surface area contributed by atoms with Gasteiger partial charge in [0.15, 0.2) is 5.65 Å². The number of carbonyl (C=O) groups excluding carboxylic acids is 1. The van der Waals surface area contributed by atoms with Crippen LogP contribution >= 0.6 is 23.2 Å². The number of amides is 1. The fourth-order valence-electron chi connectivity index (χ4n) is 3.55. The first-order valence-corrected chi connectivity index (χ1v) is 11.3. The molecule has 2 N–H and O–H groups in total. The number of halogens is 2. The van der Waals surface area contributed by atoms with Crippen molar-refractivity contribution in [3.8, 4) is 11.3 Å². The van der Waals surface area contributed by atoms with Crippen molar-refractivity contribution in [1.29, 1.82) is 0 Å². The van der Waals surface area contributed by atoms with E-state index in [9.17, 15) is 4.79 Å². The molecule has 1 amide bonds. The van der Waals surface area contributed by atoms with Crippen LogP contribution in [0.25, 0.3) is 16.9 Å². The van der Waals surface area contributed by atoms with Crippen LogP contribution in [0.1, 0.15) is 15.9 Å². The van der Waals surface area contributed by atoms with Gasteiger partial charge in [-0.25, -0.2) is 4.98 Å². The van der Waals surface area contributed by atoms with E-state index in [-0.39, 0.29) is 5.91 Å². The highest BCUT2D eigenvalue weighted by molar-refractivity contribution is 6.35. The Hall–Kier alpha value is -3.87. The topological polar surface area (TPSA) is 71.3 Å². The summed E-state index contributed by atoms with van der Waals surface area (Å²) in [6.07, 6.45) is 1.70. The minimum absolute atomic E-state index is 0.167. The Labute approximate surface area is 206 Å². The van der Waals surface area contributed by atoms with Gasteiger partial charge in [0.25, 0.3) is 5.91 Å². The maximum atomic E-state index is 12.6. The molecule has 0 aliphatic carbocycles. The smallest absolute Gasteiger partial charge is 0.255 e. The van der Waals surface area contributed by atoms with Crippen molar-refractivity contribution in [1.82, 2.24) is 14.6 Å². The van der Waals surface area contributed by atoms with E-state index in [1.165, 1.54) is 0 Å². The van der Waals surface area contributed by atoms with Gasteiger partial charge in [0.1, 0.15) is 5.82 Å². The molecule has 0 fully saturated rings. The first-order valence-electron chi connectivity index (χ1n) is 10.6. The summed E-state index contributed by atoms with van der Waals surface area (Å²) in [4.78, 5) is 17.3. The summed E-state index contributed by atoms with van der Waals surface area (Å²) in [6.45, 7) is 0.493. The van der Waals surface area contributed by atoms with Crippen molar-refractivity contribution in [2.24, 2.45) is 0 Å². The fraction of sp³-hybridized carbons (Fsp3) is 0.0385. The Kier molecular flexibility index (Phi) is 6.16. The van der Waals surface area contributed by atoms with Crippen LogP contribution in [0.5, 0.6) is 0 Å². The van der Waals surface area contributed by atoms with Crippen LogP contribution in [0.3, 0.4) is 0 Å². The lowest BCUT2D eigenvalue weighted by Crippen LogP contribution is -2.11. The average Bonchev–Trinajstić information content (AvgIpc) is 3.33. The molecule has 0 radical (unpaired) electrons. The largest absolute Gasteiger partial charge is 0.366 e. The molecule has 6 nitrogen and oxygen atoms in total. The molecule has 2 aromatic heterocycles. The number of fused-ring (bicyclic) bond motifs is 1. The van der Waals surface area contributed by atoms with Crippen LogP contribution in [0.2, 0.25) is 10.0 Å². The number of nitrogens with one attached hydrogen (secondary N) is 2. The van der Waals surface area contributed by atoms with E-state index in [1.54, 1.807) is 35.0 Å². The van der Waals surface area contributed by atoms with E-state index in [4.69, 9.17) is 28.2 Å². The summed E-state index contributed by atoms with van der Waals surface area (Å²) in [5, 5.41) is 11.8. The minimum Gasteiger partial charge on any atom is -0.366 e. The Morgan fingerprint density at radius 3 is 2.47 bits per heavy atom. The number of hydrogen-bond acceptors (Lipinski definition) is 4. The third kappa shape index (κ3) is 4.73. The summed E-state index contributed by atoms with van der Waals surface area (Å²) in [6, 6.07) is 25.9. The molecule has 0 aliphatic rings. The molecule has 0 spiro atoms. The van der Waals surface area contributed by atoms with Gasteiger partial charge in [-0.1, -0.05) is 59.6 Å². The van der Waals surface area contributed by atoms with Crippen molar-refractivity contribution >= 4 is 46.3 Å². The summed E-state index contributed by atoms with van der Waals surface area (Å²) >= 11 is 12.3. The van der Waals surface area contributed by atoms with E-state index in [1.807, 2.05) is 60.7 Å². The molecule has 8 heteroatoms. The van der Waals surface area contributed by atoms with E-state index < -0.39 is 0 Å². The molecule has 3 aromatic carbocycles. The molecule has 5 aromatic rings. The zero-order chi connectivity index (χ0) is 23.5. The maximum Gasteiger partial charge on any atom is 0.255 e. The number of hydrogen-bond donors (Lipinski definition) is 2. The molecule has 34 heavy (non-hydrogen) atoms. The lowest BCUT2D eigenvalue weighted by molar-refractivity contribution is 0.102. The van der Waals surface area contributed by atoms with Crippen LogP contribution in [0.15, 0.2) is 91.1 Å². The SMILES string of the molecule is O=C(Nc1ccccc1)c1ccc(-c2cc(NCc3ccc(Cl)cc3Cl)n3nccc3n2)cc1. The Morgan fingerprint density at radius 2 is 1.71 bits per heavy atom. The summed E-state index contributed by atoms with van der Waals surface area (Å²) in [7, 11) is 0. The molecular weight excluding hydrogens is 469 g/mol. The highest BCUT2D eigenvalue weighted by Gasteiger charge is 2.11. The number of anilines is 2. The molecular formula is C26H19Cl2N5O. The van der Waals surface area contributed by atoms with Crippen LogP contribution in [-0.4, -0.2) is 20.5 Å². The van der Waals surface area contributed by atoms with Gasteiger partial charge in [0.2, 0.25) is 0 Å². The van der Waals surface area contributed by atoms with E-state index >= 15 is 0 Å². The predicted octanol–water partition coefficient (Wildman–Crippen LogP) is 6.57. The number of nitrogens with zero attached hydrogens (tertiary/aromatic N) is 3. The maximum absolute atomic E-state index is 12.6. The second-order valence-corrected chi connectivity index (χ2v) is 8.46. The molecule has 0 saturated carbocycles. The molecule has 0 aliphatic heterocycles. The summed E-state index contributed by atoms with van der Waals surface area (Å²) in [5.74, 6) is 0.598. The number of para-hydroxylation sites is 1. The first-order chi connectivity index (χ1) is 16.6. The van der Waals surface area contributed by atoms with E-state index in [0.717, 1.165) is 28.3 Å². The average molecular weight is 488 g/mol. The third-order valence-electron chi connectivity index (χ3n) is 5.31. The van der Waals surface area contributed by atoms with Crippen molar-refractivity contribution in [2.45, 2.75) is 6.54 Å². The standard InChI is InChI=1S/C26H19Cl2N5O/c27-20-11-10-19(22(28)14-20)16-29-25-15-23(32-24-12-13-30-33(24)25)17-6-8-18(9-7-17)26(34)31-21-4-2-1-3-5-21/h1-15,29H,16H2,(H,31,34). The molecule has 0 atom stereocenters. The zero-order valence-corrected chi connectivity index (χ0v) is 19.4. The summed E-state index contributed by atoms with van der Waals surface area (Å²) < 4.78 is 1.73. The Bertz CT molecular complexity index is 1470. The van der Waals surface area contributed by atoms with Crippen molar-refractivity contribution in [3.63, 3.8) is 0 Å². The highest BCUT2D eigenvalue weighted by Crippen LogP contribution is 2.25. The van der Waals surface area contributed by atoms with Gasteiger partial charge in [0, 0.05) is 45.5 Å². The fourth-order valence-corrected chi connectivity index (χ4v) is 4.03. The van der Waals surface area contributed by atoms with Crippen molar-refractivity contribution < 1.29 is 4.79 Å². The van der Waals surface area contributed by atoms with Crippen molar-refractivity contribution in [3.05, 3.63) is 112 Å². The second kappa shape index (κ2) is 9.55. The van der Waals surface area contributed by atoms with Crippen LogP contribution in [0.4, 0.5) is 11.5 Å². The van der Waals surface area contributed by atoms with Gasteiger partial charge in [0.05, 0.1) is 11.9 Å². The monoisotopic (exact) mass is 487 g/mol. The van der Waals surface area contributed by atoms with Crippen LogP contribution in [0, 0.1) is 0 Å². The number of rotatable bonds is 6. The Balaban J connectivity index is 1.39. The van der Waals surface area contributed by atoms with Gasteiger partial charge >= 0.3 is 0 Å². The number of benzene rings is 3. The highest BCUT2D eigenvalue weighted by atomic mass is 35.5. The number of aromatic nitrogens is 3.